The van der Waals surface area contributed by atoms with Crippen LogP contribution in [0.4, 0.5) is 0 Å². The summed E-state index contributed by atoms with van der Waals surface area (Å²) in [6.45, 7) is 19.3. The average molecular weight is 240 g/mol. The summed E-state index contributed by atoms with van der Waals surface area (Å²) in [5.74, 6) is 0.381. The molecule has 0 spiro atoms. The molecule has 2 atom stereocenters. The van der Waals surface area contributed by atoms with E-state index in [1.165, 1.54) is 0 Å². The molecule has 0 aromatic heterocycles. The Morgan fingerprint density at radius 3 is 1.47 bits per heavy atom. The molecular formula is C15H28O2. The van der Waals surface area contributed by atoms with E-state index in [9.17, 15) is 0 Å². The largest absolute Gasteiger partial charge is 0.345 e. The summed E-state index contributed by atoms with van der Waals surface area (Å²) in [5.41, 5.74) is 0.238. The van der Waals surface area contributed by atoms with Crippen LogP contribution in [0.3, 0.4) is 0 Å². The molecule has 0 aromatic rings. The van der Waals surface area contributed by atoms with Crippen LogP contribution in [0.25, 0.3) is 0 Å². The Morgan fingerprint density at radius 2 is 1.24 bits per heavy atom. The molecule has 0 radical (unpaired) electrons. The average Bonchev–Trinajstić information content (AvgIpc) is 2.14. The highest BCUT2D eigenvalue weighted by molar-refractivity contribution is 4.94. The molecule has 1 rings (SSSR count). The van der Waals surface area contributed by atoms with Gasteiger partial charge in [-0.3, -0.25) is 0 Å². The van der Waals surface area contributed by atoms with E-state index in [1.807, 2.05) is 0 Å². The summed E-state index contributed by atoms with van der Waals surface area (Å²) >= 11 is 0. The third kappa shape index (κ3) is 3.32. The van der Waals surface area contributed by atoms with Crippen molar-refractivity contribution >= 4 is 0 Å². The fourth-order valence-electron chi connectivity index (χ4n) is 2.82. The first-order valence-electron chi connectivity index (χ1n) is 6.51. The second kappa shape index (κ2) is 4.74. The van der Waals surface area contributed by atoms with Crippen LogP contribution in [-0.2, 0) is 9.47 Å². The molecule has 0 amide bonds. The summed E-state index contributed by atoms with van der Waals surface area (Å²) in [7, 11) is 0. The molecule has 100 valence electrons. The quantitative estimate of drug-likeness (QED) is 0.645. The van der Waals surface area contributed by atoms with E-state index in [-0.39, 0.29) is 29.3 Å². The lowest BCUT2D eigenvalue weighted by molar-refractivity contribution is -0.284. The number of rotatable bonds is 1. The van der Waals surface area contributed by atoms with Crippen LogP contribution < -0.4 is 0 Å². The molecule has 1 heterocycles. The first kappa shape index (κ1) is 14.7. The standard InChI is InChI=1S/C15H28O2/c1-9-11-16-12(14(3,4)5)10(2)13(17-11)15(6,7)8/h9-13H,1H2,2-8H3/t10?,11?,12-,13-/m1/s1. The molecular weight excluding hydrogens is 212 g/mol. The third-order valence-corrected chi connectivity index (χ3v) is 3.42. The van der Waals surface area contributed by atoms with Gasteiger partial charge in [-0.05, 0) is 16.9 Å². The second-order valence-electron chi connectivity index (χ2n) is 7.31. The fourth-order valence-corrected chi connectivity index (χ4v) is 2.82. The van der Waals surface area contributed by atoms with Crippen LogP contribution in [0.15, 0.2) is 12.7 Å². The molecule has 1 aliphatic rings. The molecule has 0 aromatic carbocycles. The van der Waals surface area contributed by atoms with Gasteiger partial charge in [0.05, 0.1) is 12.2 Å². The van der Waals surface area contributed by atoms with Gasteiger partial charge in [-0.2, -0.15) is 0 Å². The molecule has 0 saturated carbocycles. The van der Waals surface area contributed by atoms with Crippen molar-refractivity contribution in [3.05, 3.63) is 12.7 Å². The zero-order valence-corrected chi connectivity index (χ0v) is 12.4. The third-order valence-electron chi connectivity index (χ3n) is 3.42. The van der Waals surface area contributed by atoms with Crippen LogP contribution in [0.1, 0.15) is 48.5 Å². The van der Waals surface area contributed by atoms with Crippen molar-refractivity contribution < 1.29 is 9.47 Å². The van der Waals surface area contributed by atoms with Gasteiger partial charge in [0.15, 0.2) is 6.29 Å². The smallest absolute Gasteiger partial charge is 0.177 e. The van der Waals surface area contributed by atoms with Gasteiger partial charge in [0.2, 0.25) is 0 Å². The number of hydrogen-bond acceptors (Lipinski definition) is 2. The molecule has 0 bridgehead atoms. The Bertz CT molecular complexity index is 246. The highest BCUT2D eigenvalue weighted by Gasteiger charge is 2.45. The molecule has 2 nitrogen and oxygen atoms in total. The van der Waals surface area contributed by atoms with E-state index in [2.05, 4.69) is 55.0 Å². The zero-order valence-electron chi connectivity index (χ0n) is 12.4. The minimum absolute atomic E-state index is 0.119. The van der Waals surface area contributed by atoms with Crippen molar-refractivity contribution in [3.8, 4) is 0 Å². The predicted molar refractivity (Wildman–Crippen MR) is 71.8 cm³/mol. The minimum atomic E-state index is -0.278. The molecule has 2 heteroatoms. The molecule has 1 aliphatic heterocycles. The first-order valence-corrected chi connectivity index (χ1v) is 6.51. The Morgan fingerprint density at radius 1 is 0.882 bits per heavy atom. The summed E-state index contributed by atoms with van der Waals surface area (Å²) in [4.78, 5) is 0. The van der Waals surface area contributed by atoms with Gasteiger partial charge < -0.3 is 9.47 Å². The van der Waals surface area contributed by atoms with Crippen LogP contribution in [0.2, 0.25) is 0 Å². The Balaban J connectivity index is 2.98. The zero-order chi connectivity index (χ0) is 13.4. The van der Waals surface area contributed by atoms with Gasteiger partial charge in [-0.15, -0.1) is 0 Å². The molecule has 1 saturated heterocycles. The van der Waals surface area contributed by atoms with E-state index in [1.54, 1.807) is 6.08 Å². The van der Waals surface area contributed by atoms with E-state index in [0.717, 1.165) is 0 Å². The van der Waals surface area contributed by atoms with Crippen molar-refractivity contribution in [1.29, 1.82) is 0 Å². The normalized spacial score (nSPS) is 35.7. The van der Waals surface area contributed by atoms with Gasteiger partial charge in [-0.25, -0.2) is 0 Å². The van der Waals surface area contributed by atoms with Crippen molar-refractivity contribution in [2.45, 2.75) is 67.0 Å². The SMILES string of the molecule is C=CC1O[C@@H](C(C)(C)C)C(C)[C@H](C(C)(C)C)O1. The summed E-state index contributed by atoms with van der Waals surface area (Å²) in [5, 5.41) is 0. The van der Waals surface area contributed by atoms with Crippen LogP contribution in [-0.4, -0.2) is 18.5 Å². The summed E-state index contributed by atoms with van der Waals surface area (Å²) in [6, 6.07) is 0. The van der Waals surface area contributed by atoms with Crippen molar-refractivity contribution in [3.63, 3.8) is 0 Å². The fraction of sp³-hybridized carbons (Fsp3) is 0.867. The molecule has 1 fully saturated rings. The summed E-state index contributed by atoms with van der Waals surface area (Å²) in [6.07, 6.45) is 1.87. The van der Waals surface area contributed by atoms with Gasteiger partial charge in [0, 0.05) is 5.92 Å². The van der Waals surface area contributed by atoms with Crippen LogP contribution in [0.5, 0.6) is 0 Å². The highest BCUT2D eigenvalue weighted by Crippen LogP contribution is 2.41. The van der Waals surface area contributed by atoms with Gasteiger partial charge in [-0.1, -0.05) is 55.0 Å². The maximum atomic E-state index is 6.00. The lowest BCUT2D eigenvalue weighted by Gasteiger charge is -2.49. The number of ether oxygens (including phenoxy) is 2. The van der Waals surface area contributed by atoms with E-state index < -0.39 is 0 Å². The Kier molecular flexibility index (Phi) is 4.10. The topological polar surface area (TPSA) is 18.5 Å². The minimum Gasteiger partial charge on any atom is -0.345 e. The second-order valence-corrected chi connectivity index (χ2v) is 7.31. The van der Waals surface area contributed by atoms with Crippen LogP contribution in [0, 0.1) is 16.7 Å². The lowest BCUT2D eigenvalue weighted by Crippen LogP contribution is -2.53. The summed E-state index contributed by atoms with van der Waals surface area (Å²) < 4.78 is 12.0. The van der Waals surface area contributed by atoms with Crippen molar-refractivity contribution in [1.82, 2.24) is 0 Å². The van der Waals surface area contributed by atoms with Gasteiger partial charge in [0.1, 0.15) is 0 Å². The molecule has 17 heavy (non-hydrogen) atoms. The van der Waals surface area contributed by atoms with E-state index >= 15 is 0 Å². The Labute approximate surface area is 106 Å². The molecule has 0 N–H and O–H groups in total. The lowest BCUT2D eigenvalue weighted by atomic mass is 9.72. The monoisotopic (exact) mass is 240 g/mol. The van der Waals surface area contributed by atoms with Crippen LogP contribution >= 0.6 is 0 Å². The predicted octanol–water partition coefficient (Wildman–Crippen LogP) is 4.01. The highest BCUT2D eigenvalue weighted by atomic mass is 16.7. The van der Waals surface area contributed by atoms with E-state index in [4.69, 9.17) is 9.47 Å². The van der Waals surface area contributed by atoms with Crippen molar-refractivity contribution in [2.24, 2.45) is 16.7 Å². The van der Waals surface area contributed by atoms with Gasteiger partial charge in [0.25, 0.3) is 0 Å². The van der Waals surface area contributed by atoms with E-state index in [0.29, 0.717) is 5.92 Å². The number of hydrogen-bond donors (Lipinski definition) is 0. The molecule has 0 unspecified atom stereocenters. The molecule has 0 aliphatic carbocycles. The van der Waals surface area contributed by atoms with Gasteiger partial charge >= 0.3 is 0 Å². The Hall–Kier alpha value is -0.340. The van der Waals surface area contributed by atoms with Crippen molar-refractivity contribution in [2.75, 3.05) is 0 Å². The maximum absolute atomic E-state index is 6.00. The maximum Gasteiger partial charge on any atom is 0.177 e. The first-order chi connectivity index (χ1) is 7.57.